The maximum absolute atomic E-state index is 13.2. The van der Waals surface area contributed by atoms with E-state index < -0.39 is 76.3 Å². The van der Waals surface area contributed by atoms with E-state index >= 15 is 0 Å². The number of nitrogens with zero attached hydrogens (tertiary/aromatic N) is 1. The van der Waals surface area contributed by atoms with Gasteiger partial charge in [-0.15, -0.1) is 0 Å². The van der Waals surface area contributed by atoms with Crippen LogP contribution in [0.4, 0.5) is 13.2 Å². The van der Waals surface area contributed by atoms with Crippen LogP contribution in [-0.4, -0.2) is 105 Å². The number of alkyl halides is 3. The van der Waals surface area contributed by atoms with Crippen LogP contribution in [0, 0.1) is 0 Å². The highest BCUT2D eigenvalue weighted by molar-refractivity contribution is 6.18. The van der Waals surface area contributed by atoms with Gasteiger partial charge in [-0.2, -0.15) is 13.2 Å². The number of hydrogen-bond donors (Lipinski definition) is 6. The molecule has 1 unspecified atom stereocenters. The van der Waals surface area contributed by atoms with Crippen LogP contribution in [0.25, 0.3) is 0 Å². The monoisotopic (exact) mass is 692 g/mol. The van der Waals surface area contributed by atoms with Crippen molar-refractivity contribution >= 4 is 29.6 Å². The van der Waals surface area contributed by atoms with E-state index in [-0.39, 0.29) is 22.9 Å². The minimum Gasteiger partial charge on any atom is -0.508 e. The molecule has 1 aliphatic rings. The molecule has 0 bridgehead atoms. The molecule has 17 heteroatoms. The van der Waals surface area contributed by atoms with E-state index in [0.29, 0.717) is 18.7 Å². The van der Waals surface area contributed by atoms with Crippen molar-refractivity contribution in [3.63, 3.8) is 0 Å². The normalized spacial score (nSPS) is 17.3. The number of phenolic OH excluding ortho intramolecular Hbond substituents is 4. The van der Waals surface area contributed by atoms with Crippen LogP contribution in [0.15, 0.2) is 54.6 Å². The minimum absolute atomic E-state index is 0.00782. The van der Waals surface area contributed by atoms with E-state index in [1.54, 1.807) is 0 Å². The first-order valence-corrected chi connectivity index (χ1v) is 14.3. The summed E-state index contributed by atoms with van der Waals surface area (Å²) < 4.78 is 42.1. The second kappa shape index (κ2) is 15.4. The summed E-state index contributed by atoms with van der Waals surface area (Å²) in [6.45, 7) is 4.70. The van der Waals surface area contributed by atoms with E-state index in [4.69, 9.17) is 14.6 Å². The fraction of sp³-hybridized carbons (Fsp3) is 0.281. The Morgan fingerprint density at radius 1 is 0.878 bits per heavy atom. The van der Waals surface area contributed by atoms with Gasteiger partial charge in [-0.3, -0.25) is 14.5 Å². The molecule has 6 N–H and O–H groups in total. The molecule has 1 heterocycles. The average Bonchev–Trinajstić information content (AvgIpc) is 3.33. The van der Waals surface area contributed by atoms with Crippen molar-refractivity contribution in [2.75, 3.05) is 20.2 Å². The second-order valence-corrected chi connectivity index (χ2v) is 10.5. The number of nitrogens with one attached hydrogen (secondary N) is 1. The molecule has 0 aromatic heterocycles. The molecule has 1 aliphatic heterocycles. The predicted octanol–water partition coefficient (Wildman–Crippen LogP) is 3.21. The maximum atomic E-state index is 13.2. The third kappa shape index (κ3) is 8.75. The van der Waals surface area contributed by atoms with Crippen LogP contribution in [0.1, 0.15) is 60.8 Å². The van der Waals surface area contributed by atoms with Crippen molar-refractivity contribution in [1.29, 1.82) is 0 Å². The summed E-state index contributed by atoms with van der Waals surface area (Å²) in [6, 6.07) is 10.4. The van der Waals surface area contributed by atoms with Crippen molar-refractivity contribution in [3.8, 4) is 23.0 Å². The number of halogens is 3. The molecule has 3 atom stereocenters. The van der Waals surface area contributed by atoms with Crippen LogP contribution in [0.2, 0.25) is 0 Å². The molecule has 4 rings (SSSR count). The highest BCUT2D eigenvalue weighted by atomic mass is 19.4. The zero-order valence-electron chi connectivity index (χ0n) is 26.0. The number of phenols is 4. The Kier molecular flexibility index (Phi) is 11.8. The number of amides is 1. The van der Waals surface area contributed by atoms with Crippen LogP contribution in [0.3, 0.4) is 0 Å². The fourth-order valence-electron chi connectivity index (χ4n) is 4.99. The van der Waals surface area contributed by atoms with Gasteiger partial charge in [0.2, 0.25) is 5.78 Å². The van der Waals surface area contributed by atoms with Gasteiger partial charge in [0.1, 0.15) is 34.7 Å². The molecular weight excluding hydrogens is 661 g/mol. The van der Waals surface area contributed by atoms with Crippen molar-refractivity contribution < 1.29 is 72.2 Å². The standard InChI is InChI=1S/C30H30N2O10.C2HF3O2/c1-4-32-14-23(26(15(32)2)31-28(38)16-8-10-18(33)11-9-16)42-29(39)17-12-21(35)25(22(36)13-17)27(37)24-19(30(40)41-3)6-5-7-20(24)34;3-2(4,5)1(6)7/h5-13,15,23,26,33-36H,4,14H2,1-3H3,(H,31,38);(H,6,7)/t15-,23?,26-;/m1./s1. The highest BCUT2D eigenvalue weighted by Crippen LogP contribution is 2.35. The molecule has 262 valence electrons. The summed E-state index contributed by atoms with van der Waals surface area (Å²) in [5.41, 5.74) is -1.42. The van der Waals surface area contributed by atoms with Crippen molar-refractivity contribution in [2.45, 2.75) is 38.2 Å². The van der Waals surface area contributed by atoms with Crippen molar-refractivity contribution in [3.05, 3.63) is 82.4 Å². The van der Waals surface area contributed by atoms with Crippen LogP contribution in [0.5, 0.6) is 23.0 Å². The van der Waals surface area contributed by atoms with Gasteiger partial charge in [-0.05, 0) is 62.0 Å². The van der Waals surface area contributed by atoms with E-state index in [0.717, 1.165) is 25.3 Å². The van der Waals surface area contributed by atoms with Gasteiger partial charge in [0.15, 0.2) is 0 Å². The molecule has 0 spiro atoms. The van der Waals surface area contributed by atoms with Gasteiger partial charge in [0.25, 0.3) is 5.91 Å². The number of hydrogen-bond acceptors (Lipinski definition) is 12. The number of methoxy groups -OCH3 is 1. The fourth-order valence-corrected chi connectivity index (χ4v) is 4.99. The first kappa shape index (κ1) is 37.6. The third-order valence-electron chi connectivity index (χ3n) is 7.48. The largest absolute Gasteiger partial charge is 0.508 e. The highest BCUT2D eigenvalue weighted by Gasteiger charge is 2.42. The smallest absolute Gasteiger partial charge is 0.490 e. The number of aromatic hydroxyl groups is 4. The van der Waals surface area contributed by atoms with Crippen LogP contribution in [-0.2, 0) is 14.3 Å². The van der Waals surface area contributed by atoms with E-state index in [1.807, 2.05) is 18.7 Å². The molecule has 1 saturated heterocycles. The summed E-state index contributed by atoms with van der Waals surface area (Å²) in [6.07, 6.45) is -5.89. The Bertz CT molecular complexity index is 1720. The summed E-state index contributed by atoms with van der Waals surface area (Å²) in [7, 11) is 1.09. The summed E-state index contributed by atoms with van der Waals surface area (Å²) >= 11 is 0. The first-order chi connectivity index (χ1) is 22.9. The second-order valence-electron chi connectivity index (χ2n) is 10.5. The lowest BCUT2D eigenvalue weighted by molar-refractivity contribution is -0.192. The minimum atomic E-state index is -5.08. The molecular formula is C32H31F3N2O12. The van der Waals surface area contributed by atoms with Crippen molar-refractivity contribution in [2.24, 2.45) is 0 Å². The van der Waals surface area contributed by atoms with Gasteiger partial charge < -0.3 is 40.3 Å². The Morgan fingerprint density at radius 2 is 1.45 bits per heavy atom. The number of likely N-dealkylation sites (tertiary alicyclic amines) is 1. The topological polar surface area (TPSA) is 220 Å². The number of carbonyl (C=O) groups is 5. The lowest BCUT2D eigenvalue weighted by Gasteiger charge is -2.25. The number of rotatable bonds is 8. The van der Waals surface area contributed by atoms with Gasteiger partial charge in [-0.1, -0.05) is 13.0 Å². The van der Waals surface area contributed by atoms with E-state index in [9.17, 15) is 52.8 Å². The number of aliphatic carboxylic acids is 1. The Morgan fingerprint density at radius 3 is 1.96 bits per heavy atom. The van der Waals surface area contributed by atoms with Gasteiger partial charge in [0, 0.05) is 18.2 Å². The summed E-state index contributed by atoms with van der Waals surface area (Å²) in [5, 5.41) is 51.1. The maximum Gasteiger partial charge on any atom is 0.490 e. The van der Waals surface area contributed by atoms with Crippen molar-refractivity contribution in [1.82, 2.24) is 10.2 Å². The Labute approximate surface area is 275 Å². The predicted molar refractivity (Wildman–Crippen MR) is 162 cm³/mol. The number of ether oxygens (including phenoxy) is 2. The zero-order valence-corrected chi connectivity index (χ0v) is 26.0. The molecule has 3 aromatic rings. The quantitative estimate of drug-likeness (QED) is 0.148. The molecule has 0 radical (unpaired) electrons. The number of likely N-dealkylation sites (N-methyl/N-ethyl adjacent to an activating group) is 1. The lowest BCUT2D eigenvalue weighted by Crippen LogP contribution is -2.48. The lowest BCUT2D eigenvalue weighted by atomic mass is 9.95. The number of ketones is 1. The first-order valence-electron chi connectivity index (χ1n) is 14.3. The molecule has 0 saturated carbocycles. The average molecular weight is 693 g/mol. The van der Waals surface area contributed by atoms with Gasteiger partial charge in [0.05, 0.1) is 29.8 Å². The SMILES string of the molecule is CCN1CC(OC(=O)c2cc(O)c(C(=O)c3c(O)cccc3C(=O)OC)c(O)c2)[C@H](NC(=O)c2ccc(O)cc2)[C@H]1C.O=C(O)C(F)(F)F. The molecule has 0 aliphatic carbocycles. The van der Waals surface area contributed by atoms with E-state index in [2.05, 4.69) is 10.1 Å². The van der Waals surface area contributed by atoms with Crippen LogP contribution >= 0.6 is 0 Å². The molecule has 1 amide bonds. The number of carbonyl (C=O) groups excluding carboxylic acids is 4. The zero-order chi connectivity index (χ0) is 36.8. The molecule has 49 heavy (non-hydrogen) atoms. The molecule has 1 fully saturated rings. The Balaban J connectivity index is 0.000000838. The van der Waals surface area contributed by atoms with E-state index in [1.165, 1.54) is 36.4 Å². The molecule has 3 aromatic carbocycles. The molecule has 14 nitrogen and oxygen atoms in total. The van der Waals surface area contributed by atoms with Gasteiger partial charge in [-0.25, -0.2) is 14.4 Å². The van der Waals surface area contributed by atoms with Crippen LogP contribution < -0.4 is 5.32 Å². The number of benzene rings is 3. The number of carboxylic acid groups (broad SMARTS) is 1. The Hall–Kier alpha value is -5.84. The summed E-state index contributed by atoms with van der Waals surface area (Å²) in [5.74, 6) is -8.29. The number of esters is 2. The third-order valence-corrected chi connectivity index (χ3v) is 7.48. The van der Waals surface area contributed by atoms with Gasteiger partial charge >= 0.3 is 24.1 Å². The number of carboxylic acids is 1. The summed E-state index contributed by atoms with van der Waals surface area (Å²) in [4.78, 5) is 62.3.